The fraction of sp³-hybridized carbons (Fsp3) is 0.0909. The van der Waals surface area contributed by atoms with Gasteiger partial charge in [0.25, 0.3) is 5.91 Å². The molecule has 0 atom stereocenters. The van der Waals surface area contributed by atoms with E-state index in [-0.39, 0.29) is 5.91 Å². The first-order chi connectivity index (χ1) is 13.0. The molecule has 0 aliphatic carbocycles. The minimum Gasteiger partial charge on any atom is -0.426 e. The monoisotopic (exact) mass is 357 g/mol. The van der Waals surface area contributed by atoms with Crippen LogP contribution in [0.25, 0.3) is 22.4 Å². The zero-order chi connectivity index (χ0) is 19.0. The van der Waals surface area contributed by atoms with Gasteiger partial charge in [0.1, 0.15) is 5.52 Å². The normalized spacial score (nSPS) is 10.9. The van der Waals surface area contributed by atoms with Crippen LogP contribution in [0.4, 0.5) is 5.69 Å². The Morgan fingerprint density at radius 1 is 1.00 bits per heavy atom. The molecular formula is C22H19N3O2. The molecule has 5 nitrogen and oxygen atoms in total. The van der Waals surface area contributed by atoms with E-state index in [9.17, 15) is 10.0 Å². The van der Waals surface area contributed by atoms with Gasteiger partial charge in [-0.1, -0.05) is 24.3 Å². The molecule has 4 aromatic rings. The van der Waals surface area contributed by atoms with E-state index in [1.807, 2.05) is 62.4 Å². The SMILES string of the molecule is Cc1ccc2nc(-c3ccc(NC(=O)c4ccccc4C)cc3)n(O)c2c1. The van der Waals surface area contributed by atoms with Crippen LogP contribution in [0.5, 0.6) is 0 Å². The molecule has 0 spiro atoms. The summed E-state index contributed by atoms with van der Waals surface area (Å²) in [6.07, 6.45) is 0. The summed E-state index contributed by atoms with van der Waals surface area (Å²) in [7, 11) is 0. The van der Waals surface area contributed by atoms with Crippen LogP contribution in [0, 0.1) is 13.8 Å². The van der Waals surface area contributed by atoms with Crippen LogP contribution in [0.15, 0.2) is 66.7 Å². The number of carbonyl (C=O) groups excluding carboxylic acids is 1. The van der Waals surface area contributed by atoms with Crippen LogP contribution in [0.1, 0.15) is 21.5 Å². The van der Waals surface area contributed by atoms with Gasteiger partial charge >= 0.3 is 0 Å². The summed E-state index contributed by atoms with van der Waals surface area (Å²) in [5.74, 6) is 0.318. The average Bonchev–Trinajstić information content (AvgIpc) is 2.99. The van der Waals surface area contributed by atoms with Gasteiger partial charge in [0, 0.05) is 16.8 Å². The number of rotatable bonds is 3. The van der Waals surface area contributed by atoms with E-state index in [0.717, 1.165) is 26.9 Å². The molecular weight excluding hydrogens is 338 g/mol. The third-order valence-corrected chi connectivity index (χ3v) is 4.58. The second kappa shape index (κ2) is 6.61. The number of nitrogens with one attached hydrogen (secondary N) is 1. The molecule has 0 saturated carbocycles. The molecule has 0 unspecified atom stereocenters. The number of hydrogen-bond donors (Lipinski definition) is 2. The van der Waals surface area contributed by atoms with Gasteiger partial charge in [0.2, 0.25) is 0 Å². The van der Waals surface area contributed by atoms with E-state index in [0.29, 0.717) is 22.6 Å². The molecule has 1 amide bonds. The maximum atomic E-state index is 12.4. The van der Waals surface area contributed by atoms with Gasteiger partial charge in [-0.05, 0) is 67.4 Å². The molecule has 0 saturated heterocycles. The zero-order valence-corrected chi connectivity index (χ0v) is 15.1. The molecule has 1 aromatic heterocycles. The van der Waals surface area contributed by atoms with Crippen LogP contribution < -0.4 is 5.32 Å². The molecule has 3 aromatic carbocycles. The summed E-state index contributed by atoms with van der Waals surface area (Å²) >= 11 is 0. The Hall–Kier alpha value is -3.60. The Morgan fingerprint density at radius 3 is 2.48 bits per heavy atom. The van der Waals surface area contributed by atoms with E-state index >= 15 is 0 Å². The minimum atomic E-state index is -0.147. The van der Waals surface area contributed by atoms with Crippen LogP contribution in [-0.4, -0.2) is 20.8 Å². The summed E-state index contributed by atoms with van der Waals surface area (Å²) < 4.78 is 1.10. The van der Waals surface area contributed by atoms with Gasteiger partial charge < -0.3 is 10.5 Å². The summed E-state index contributed by atoms with van der Waals surface area (Å²) in [6, 6.07) is 20.5. The maximum Gasteiger partial charge on any atom is 0.255 e. The van der Waals surface area contributed by atoms with Gasteiger partial charge in [-0.15, -0.1) is 0 Å². The van der Waals surface area contributed by atoms with Crippen molar-refractivity contribution >= 4 is 22.6 Å². The Bertz CT molecular complexity index is 1140. The first-order valence-electron chi connectivity index (χ1n) is 8.69. The fourth-order valence-electron chi connectivity index (χ4n) is 3.09. The molecule has 0 fully saturated rings. The van der Waals surface area contributed by atoms with Crippen LogP contribution in [0.3, 0.4) is 0 Å². The minimum absolute atomic E-state index is 0.147. The lowest BCUT2D eigenvalue weighted by Gasteiger charge is -2.08. The summed E-state index contributed by atoms with van der Waals surface area (Å²) in [4.78, 5) is 16.9. The molecule has 0 bridgehead atoms. The van der Waals surface area contributed by atoms with Gasteiger partial charge in [-0.25, -0.2) is 4.98 Å². The highest BCUT2D eigenvalue weighted by atomic mass is 16.5. The van der Waals surface area contributed by atoms with E-state index in [4.69, 9.17) is 0 Å². The highest BCUT2D eigenvalue weighted by Gasteiger charge is 2.13. The number of amides is 1. The van der Waals surface area contributed by atoms with Gasteiger partial charge in [0.05, 0.1) is 5.52 Å². The van der Waals surface area contributed by atoms with Gasteiger partial charge in [0.15, 0.2) is 5.82 Å². The number of fused-ring (bicyclic) bond motifs is 1. The fourth-order valence-corrected chi connectivity index (χ4v) is 3.09. The highest BCUT2D eigenvalue weighted by molar-refractivity contribution is 6.05. The van der Waals surface area contributed by atoms with Crippen molar-refractivity contribution in [2.45, 2.75) is 13.8 Å². The number of imidazole rings is 1. The van der Waals surface area contributed by atoms with Crippen molar-refractivity contribution in [1.29, 1.82) is 0 Å². The molecule has 2 N–H and O–H groups in total. The molecule has 0 aliphatic rings. The van der Waals surface area contributed by atoms with Gasteiger partial charge in [-0.3, -0.25) is 4.79 Å². The lowest BCUT2D eigenvalue weighted by atomic mass is 10.1. The van der Waals surface area contributed by atoms with Crippen molar-refractivity contribution in [1.82, 2.24) is 9.71 Å². The topological polar surface area (TPSA) is 67.2 Å². The van der Waals surface area contributed by atoms with E-state index in [1.165, 1.54) is 0 Å². The lowest BCUT2D eigenvalue weighted by Crippen LogP contribution is -2.13. The second-order valence-electron chi connectivity index (χ2n) is 6.59. The molecule has 27 heavy (non-hydrogen) atoms. The molecule has 134 valence electrons. The Kier molecular flexibility index (Phi) is 4.12. The Balaban J connectivity index is 1.60. The number of aryl methyl sites for hydroxylation is 2. The van der Waals surface area contributed by atoms with E-state index in [1.54, 1.807) is 18.2 Å². The Morgan fingerprint density at radius 2 is 1.74 bits per heavy atom. The third kappa shape index (κ3) is 3.15. The average molecular weight is 357 g/mol. The quantitative estimate of drug-likeness (QED) is 0.517. The largest absolute Gasteiger partial charge is 0.426 e. The third-order valence-electron chi connectivity index (χ3n) is 4.58. The van der Waals surface area contributed by atoms with Crippen LogP contribution in [-0.2, 0) is 0 Å². The van der Waals surface area contributed by atoms with Crippen molar-refractivity contribution in [3.8, 4) is 11.4 Å². The predicted molar refractivity (Wildman–Crippen MR) is 106 cm³/mol. The van der Waals surface area contributed by atoms with Crippen molar-refractivity contribution < 1.29 is 10.0 Å². The zero-order valence-electron chi connectivity index (χ0n) is 15.1. The smallest absolute Gasteiger partial charge is 0.255 e. The standard InChI is InChI=1S/C22H19N3O2/c1-14-7-12-19-20(13-14)25(27)21(24-19)16-8-10-17(11-9-16)23-22(26)18-6-4-3-5-15(18)2/h3-13,27H,1-2H3,(H,23,26). The summed E-state index contributed by atoms with van der Waals surface area (Å²) in [6.45, 7) is 3.88. The number of aromatic nitrogens is 2. The predicted octanol–water partition coefficient (Wildman–Crippen LogP) is 4.81. The van der Waals surface area contributed by atoms with Crippen molar-refractivity contribution in [3.63, 3.8) is 0 Å². The number of benzene rings is 3. The second-order valence-corrected chi connectivity index (χ2v) is 6.59. The number of carbonyl (C=O) groups is 1. The molecule has 5 heteroatoms. The van der Waals surface area contributed by atoms with Crippen LogP contribution >= 0.6 is 0 Å². The molecule has 0 aliphatic heterocycles. The van der Waals surface area contributed by atoms with E-state index in [2.05, 4.69) is 10.3 Å². The molecule has 1 heterocycles. The van der Waals surface area contributed by atoms with Gasteiger partial charge in [-0.2, -0.15) is 4.73 Å². The Labute approximate surface area is 156 Å². The summed E-state index contributed by atoms with van der Waals surface area (Å²) in [5, 5.41) is 13.3. The lowest BCUT2D eigenvalue weighted by molar-refractivity contribution is 0.102. The van der Waals surface area contributed by atoms with Crippen molar-refractivity contribution in [2.75, 3.05) is 5.32 Å². The first-order valence-corrected chi connectivity index (χ1v) is 8.69. The first kappa shape index (κ1) is 16.8. The number of hydrogen-bond acceptors (Lipinski definition) is 3. The highest BCUT2D eigenvalue weighted by Crippen LogP contribution is 2.25. The number of nitrogens with zero attached hydrogens (tertiary/aromatic N) is 2. The summed E-state index contributed by atoms with van der Waals surface area (Å²) in [5.41, 5.74) is 5.48. The van der Waals surface area contributed by atoms with Crippen LogP contribution in [0.2, 0.25) is 0 Å². The van der Waals surface area contributed by atoms with Crippen molar-refractivity contribution in [3.05, 3.63) is 83.4 Å². The van der Waals surface area contributed by atoms with Crippen molar-refractivity contribution in [2.24, 2.45) is 0 Å². The maximum absolute atomic E-state index is 12.4. The van der Waals surface area contributed by atoms with E-state index < -0.39 is 0 Å². The number of anilines is 1. The molecule has 4 rings (SSSR count). The molecule has 0 radical (unpaired) electrons.